The summed E-state index contributed by atoms with van der Waals surface area (Å²) in [7, 11) is 0. The van der Waals surface area contributed by atoms with Crippen LogP contribution in [0.3, 0.4) is 0 Å². The van der Waals surface area contributed by atoms with Crippen LogP contribution in [0, 0.1) is 0 Å². The normalized spacial score (nSPS) is 16.7. The van der Waals surface area contributed by atoms with Crippen molar-refractivity contribution in [3.63, 3.8) is 0 Å². The van der Waals surface area contributed by atoms with Crippen LogP contribution in [0.4, 0.5) is 0 Å². The van der Waals surface area contributed by atoms with E-state index in [1.165, 1.54) is 10.8 Å². The Kier molecular flexibility index (Phi) is 5.76. The molecule has 1 aliphatic heterocycles. The number of benzene rings is 1. The molecule has 4 rings (SSSR count). The van der Waals surface area contributed by atoms with Crippen LogP contribution in [0.1, 0.15) is 36.0 Å². The van der Waals surface area contributed by atoms with Gasteiger partial charge in [0, 0.05) is 36.9 Å². The van der Waals surface area contributed by atoms with Gasteiger partial charge in [0.1, 0.15) is 12.3 Å². The summed E-state index contributed by atoms with van der Waals surface area (Å²) < 4.78 is 7.30. The molecule has 3 aromatic rings. The lowest BCUT2D eigenvalue weighted by atomic mass is 9.98. The number of piperidine rings is 1. The minimum absolute atomic E-state index is 0.00715. The van der Waals surface area contributed by atoms with Crippen LogP contribution < -0.4 is 5.69 Å². The van der Waals surface area contributed by atoms with Crippen LogP contribution in [0.15, 0.2) is 58.1 Å². The number of carbonyl (C=O) groups is 1. The third-order valence-electron chi connectivity index (χ3n) is 5.07. The number of nitrogens with zero attached hydrogens (tertiary/aromatic N) is 4. The lowest BCUT2D eigenvalue weighted by Crippen LogP contribution is -2.42. The van der Waals surface area contributed by atoms with Gasteiger partial charge in [0.05, 0.1) is 12.1 Å². The highest BCUT2D eigenvalue weighted by atomic mass is 35.5. The predicted octanol–water partition coefficient (Wildman–Crippen LogP) is 2.88. The quantitative estimate of drug-likeness (QED) is 0.643. The van der Waals surface area contributed by atoms with Crippen LogP contribution in [0.2, 0.25) is 5.02 Å². The summed E-state index contributed by atoms with van der Waals surface area (Å²) in [6, 6.07) is 9.28. The van der Waals surface area contributed by atoms with E-state index in [4.69, 9.17) is 16.0 Å². The van der Waals surface area contributed by atoms with Crippen molar-refractivity contribution >= 4 is 17.5 Å². The van der Waals surface area contributed by atoms with Crippen molar-refractivity contribution in [3.8, 4) is 0 Å². The number of likely N-dealkylation sites (tertiary alicyclic amines) is 1. The van der Waals surface area contributed by atoms with E-state index in [2.05, 4.69) is 9.97 Å². The fourth-order valence-corrected chi connectivity index (χ4v) is 3.68. The second kappa shape index (κ2) is 8.61. The topological polar surface area (TPSA) is 81.2 Å². The van der Waals surface area contributed by atoms with Gasteiger partial charge in [-0.3, -0.25) is 9.36 Å². The van der Waals surface area contributed by atoms with E-state index in [1.54, 1.807) is 23.4 Å². The summed E-state index contributed by atoms with van der Waals surface area (Å²) >= 11 is 5.93. The molecule has 0 saturated carbocycles. The van der Waals surface area contributed by atoms with Gasteiger partial charge in [-0.25, -0.2) is 14.8 Å². The zero-order valence-corrected chi connectivity index (χ0v) is 16.6. The van der Waals surface area contributed by atoms with Crippen LogP contribution >= 0.6 is 11.6 Å². The summed E-state index contributed by atoms with van der Waals surface area (Å²) in [5.74, 6) is 1.40. The molecule has 8 heteroatoms. The first-order valence-electron chi connectivity index (χ1n) is 9.57. The van der Waals surface area contributed by atoms with Crippen molar-refractivity contribution < 1.29 is 9.21 Å². The molecule has 0 radical (unpaired) electrons. The average molecular weight is 413 g/mol. The number of hydrogen-bond acceptors (Lipinski definition) is 5. The fourth-order valence-electron chi connectivity index (χ4n) is 3.55. The van der Waals surface area contributed by atoms with E-state index in [-0.39, 0.29) is 18.4 Å². The molecule has 0 N–H and O–H groups in total. The first-order chi connectivity index (χ1) is 14.1. The number of amides is 1. The minimum Gasteiger partial charge on any atom is -0.445 e. The summed E-state index contributed by atoms with van der Waals surface area (Å²) in [6.07, 6.45) is 7.17. The van der Waals surface area contributed by atoms with Gasteiger partial charge >= 0.3 is 5.69 Å². The van der Waals surface area contributed by atoms with Crippen molar-refractivity contribution in [1.29, 1.82) is 0 Å². The molecule has 7 nitrogen and oxygen atoms in total. The van der Waals surface area contributed by atoms with Crippen LogP contribution in [-0.4, -0.2) is 38.4 Å². The molecule has 3 heterocycles. The first-order valence-corrected chi connectivity index (χ1v) is 9.94. The summed E-state index contributed by atoms with van der Waals surface area (Å²) in [5.41, 5.74) is 0.674. The second-order valence-corrected chi connectivity index (χ2v) is 7.61. The lowest BCUT2D eigenvalue weighted by molar-refractivity contribution is -0.133. The molecule has 0 unspecified atom stereocenters. The standard InChI is InChI=1S/C21H21ClN4O3/c22-17-6-4-15(5-7-17)11-18-12-24-20(29-18)16-3-1-9-25(13-16)19(27)14-26-10-2-8-23-21(26)28/h2,4-8,10,12,16H,1,3,9,11,13-14H2/t16-/m0/s1. The monoisotopic (exact) mass is 412 g/mol. The Balaban J connectivity index is 1.40. The van der Waals surface area contributed by atoms with E-state index in [9.17, 15) is 9.59 Å². The van der Waals surface area contributed by atoms with Gasteiger partial charge in [0.25, 0.3) is 0 Å². The molecule has 1 aliphatic rings. The lowest BCUT2D eigenvalue weighted by Gasteiger charge is -2.31. The molecule has 150 valence electrons. The van der Waals surface area contributed by atoms with E-state index in [0.717, 1.165) is 24.2 Å². The molecule has 1 atom stereocenters. The Morgan fingerprint density at radius 1 is 1.24 bits per heavy atom. The Morgan fingerprint density at radius 3 is 2.86 bits per heavy atom. The highest BCUT2D eigenvalue weighted by Gasteiger charge is 2.28. The molecule has 29 heavy (non-hydrogen) atoms. The number of oxazole rings is 1. The molecule has 0 bridgehead atoms. The van der Waals surface area contributed by atoms with Gasteiger partial charge in [-0.05, 0) is 36.6 Å². The van der Waals surface area contributed by atoms with E-state index in [0.29, 0.717) is 30.4 Å². The molecule has 1 aromatic carbocycles. The maximum atomic E-state index is 12.6. The SMILES string of the molecule is O=C(Cn1cccnc1=O)N1CCC[C@H](c2ncc(Cc3ccc(Cl)cc3)o2)C1. The Bertz CT molecular complexity index is 1040. The van der Waals surface area contributed by atoms with Gasteiger partial charge < -0.3 is 9.32 Å². The smallest absolute Gasteiger partial charge is 0.347 e. The summed E-state index contributed by atoms with van der Waals surface area (Å²) in [6.45, 7) is 1.20. The molecule has 0 spiro atoms. The Hall–Kier alpha value is -2.93. The van der Waals surface area contributed by atoms with Crippen molar-refractivity contribution in [2.24, 2.45) is 0 Å². The fraction of sp³-hybridized carbons (Fsp3) is 0.333. The van der Waals surface area contributed by atoms with E-state index >= 15 is 0 Å². The number of halogens is 1. The van der Waals surface area contributed by atoms with E-state index in [1.807, 2.05) is 24.3 Å². The Morgan fingerprint density at radius 2 is 2.07 bits per heavy atom. The Labute approximate surface area is 173 Å². The van der Waals surface area contributed by atoms with Gasteiger partial charge in [0.2, 0.25) is 5.91 Å². The van der Waals surface area contributed by atoms with Crippen LogP contribution in [0.25, 0.3) is 0 Å². The second-order valence-electron chi connectivity index (χ2n) is 7.18. The van der Waals surface area contributed by atoms with E-state index < -0.39 is 5.69 Å². The zero-order chi connectivity index (χ0) is 20.2. The van der Waals surface area contributed by atoms with Gasteiger partial charge in [-0.1, -0.05) is 23.7 Å². The third kappa shape index (κ3) is 4.74. The highest BCUT2D eigenvalue weighted by molar-refractivity contribution is 6.30. The third-order valence-corrected chi connectivity index (χ3v) is 5.33. The van der Waals surface area contributed by atoms with Crippen molar-refractivity contribution in [2.45, 2.75) is 31.7 Å². The molecule has 1 saturated heterocycles. The van der Waals surface area contributed by atoms with Crippen molar-refractivity contribution in [1.82, 2.24) is 19.4 Å². The number of carbonyl (C=O) groups excluding carboxylic acids is 1. The number of hydrogen-bond donors (Lipinski definition) is 0. The summed E-state index contributed by atoms with van der Waals surface area (Å²) in [4.78, 5) is 34.3. The minimum atomic E-state index is -0.422. The predicted molar refractivity (Wildman–Crippen MR) is 108 cm³/mol. The van der Waals surface area contributed by atoms with Crippen LogP contribution in [0.5, 0.6) is 0 Å². The molecule has 0 aliphatic carbocycles. The first kappa shape index (κ1) is 19.4. The number of rotatable bonds is 5. The molecule has 1 fully saturated rings. The molecular formula is C21H21ClN4O3. The highest BCUT2D eigenvalue weighted by Crippen LogP contribution is 2.27. The maximum Gasteiger partial charge on any atom is 0.347 e. The van der Waals surface area contributed by atoms with Crippen LogP contribution in [-0.2, 0) is 17.8 Å². The van der Waals surface area contributed by atoms with Gasteiger partial charge in [-0.15, -0.1) is 0 Å². The average Bonchev–Trinajstić information content (AvgIpc) is 3.20. The zero-order valence-electron chi connectivity index (χ0n) is 15.8. The van der Waals surface area contributed by atoms with Gasteiger partial charge in [0.15, 0.2) is 5.89 Å². The van der Waals surface area contributed by atoms with Crippen molar-refractivity contribution in [2.75, 3.05) is 13.1 Å². The summed E-state index contributed by atoms with van der Waals surface area (Å²) in [5, 5.41) is 0.701. The maximum absolute atomic E-state index is 12.6. The number of aromatic nitrogens is 3. The van der Waals surface area contributed by atoms with Gasteiger partial charge in [-0.2, -0.15) is 0 Å². The van der Waals surface area contributed by atoms with Crippen molar-refractivity contribution in [3.05, 3.63) is 81.6 Å². The molecular weight excluding hydrogens is 392 g/mol. The molecule has 1 amide bonds. The largest absolute Gasteiger partial charge is 0.445 e. The molecule has 2 aromatic heterocycles.